The van der Waals surface area contributed by atoms with Crippen LogP contribution in [0.3, 0.4) is 0 Å². The van der Waals surface area contributed by atoms with Crippen LogP contribution >= 0.6 is 11.6 Å². The van der Waals surface area contributed by atoms with Crippen LogP contribution in [0.4, 0.5) is 4.79 Å². The smallest absolute Gasteiger partial charge is 0.410 e. The summed E-state index contributed by atoms with van der Waals surface area (Å²) in [6.07, 6.45) is -0.0500. The molecule has 2 rings (SSSR count). The van der Waals surface area contributed by atoms with Gasteiger partial charge in [0.1, 0.15) is 5.60 Å². The van der Waals surface area contributed by atoms with Gasteiger partial charge < -0.3 is 14.5 Å². The number of nitrogens with zero attached hydrogens (tertiary/aromatic N) is 2. The molecule has 0 radical (unpaired) electrons. The lowest BCUT2D eigenvalue weighted by Crippen LogP contribution is -2.39. The van der Waals surface area contributed by atoms with Gasteiger partial charge in [0.15, 0.2) is 0 Å². The Morgan fingerprint density at radius 2 is 1.83 bits per heavy atom. The van der Waals surface area contributed by atoms with E-state index in [-0.39, 0.29) is 12.0 Å². The summed E-state index contributed by atoms with van der Waals surface area (Å²) < 4.78 is 5.38. The van der Waals surface area contributed by atoms with Crippen LogP contribution in [-0.4, -0.2) is 47.0 Å². The van der Waals surface area contributed by atoms with E-state index in [2.05, 4.69) is 0 Å². The maximum absolute atomic E-state index is 12.3. The minimum absolute atomic E-state index is 0.0472. The van der Waals surface area contributed by atoms with Crippen molar-refractivity contribution in [1.29, 1.82) is 0 Å². The van der Waals surface area contributed by atoms with Gasteiger partial charge in [-0.05, 0) is 38.5 Å². The van der Waals surface area contributed by atoms with E-state index < -0.39 is 5.60 Å². The Labute approximate surface area is 142 Å². The second kappa shape index (κ2) is 7.21. The SMILES string of the molecule is CC(C)(C)OC(=O)N1CCC(=O)N(Cc2ccc(Cl)cc2)CC1. The number of hydrogen-bond donors (Lipinski definition) is 0. The highest BCUT2D eigenvalue weighted by Gasteiger charge is 2.27. The molecular formula is C17H23ClN2O3. The lowest BCUT2D eigenvalue weighted by Gasteiger charge is -2.26. The van der Waals surface area contributed by atoms with Crippen molar-refractivity contribution in [2.75, 3.05) is 19.6 Å². The van der Waals surface area contributed by atoms with Gasteiger partial charge in [0.25, 0.3) is 0 Å². The number of rotatable bonds is 2. The third-order valence-electron chi connectivity index (χ3n) is 3.53. The first-order valence-electron chi connectivity index (χ1n) is 7.75. The molecule has 0 unspecified atom stereocenters. The standard InChI is InChI=1S/C17H23ClN2O3/c1-17(2,3)23-16(22)19-9-8-15(21)20(11-10-19)12-13-4-6-14(18)7-5-13/h4-7H,8-12H2,1-3H3. The Balaban J connectivity index is 1.96. The lowest BCUT2D eigenvalue weighted by atomic mass is 10.2. The topological polar surface area (TPSA) is 49.9 Å². The third-order valence-corrected chi connectivity index (χ3v) is 3.78. The van der Waals surface area contributed by atoms with Gasteiger partial charge in [0.2, 0.25) is 5.91 Å². The monoisotopic (exact) mass is 338 g/mol. The summed E-state index contributed by atoms with van der Waals surface area (Å²) in [4.78, 5) is 27.8. The Kier molecular flexibility index (Phi) is 5.52. The number of ether oxygens (including phenoxy) is 1. The maximum atomic E-state index is 12.3. The minimum atomic E-state index is -0.531. The van der Waals surface area contributed by atoms with Crippen LogP contribution in [-0.2, 0) is 16.1 Å². The van der Waals surface area contributed by atoms with Gasteiger partial charge in [-0.2, -0.15) is 0 Å². The van der Waals surface area contributed by atoms with Crippen LogP contribution in [0.25, 0.3) is 0 Å². The first-order chi connectivity index (χ1) is 10.7. The Bertz CT molecular complexity index is 566. The van der Waals surface area contributed by atoms with E-state index in [4.69, 9.17) is 16.3 Å². The zero-order valence-electron chi connectivity index (χ0n) is 13.8. The fourth-order valence-corrected chi connectivity index (χ4v) is 2.48. The molecule has 0 N–H and O–H groups in total. The highest BCUT2D eigenvalue weighted by atomic mass is 35.5. The molecule has 0 atom stereocenters. The van der Waals surface area contributed by atoms with Gasteiger partial charge in [0, 0.05) is 37.6 Å². The highest BCUT2D eigenvalue weighted by molar-refractivity contribution is 6.30. The second-order valence-corrected chi connectivity index (χ2v) is 7.10. The zero-order chi connectivity index (χ0) is 17.0. The van der Waals surface area contributed by atoms with Crippen LogP contribution in [0, 0.1) is 0 Å². The van der Waals surface area contributed by atoms with Crippen molar-refractivity contribution in [3.63, 3.8) is 0 Å². The van der Waals surface area contributed by atoms with Crippen molar-refractivity contribution in [2.24, 2.45) is 0 Å². The Morgan fingerprint density at radius 1 is 1.17 bits per heavy atom. The molecule has 0 aliphatic carbocycles. The zero-order valence-corrected chi connectivity index (χ0v) is 14.6. The number of amides is 2. The predicted molar refractivity (Wildman–Crippen MR) is 89.3 cm³/mol. The molecule has 5 nitrogen and oxygen atoms in total. The number of halogens is 1. The van der Waals surface area contributed by atoms with E-state index in [1.807, 2.05) is 45.0 Å². The summed E-state index contributed by atoms with van der Waals surface area (Å²) in [5.41, 5.74) is 0.490. The fraction of sp³-hybridized carbons (Fsp3) is 0.529. The van der Waals surface area contributed by atoms with E-state index in [0.717, 1.165) is 5.56 Å². The lowest BCUT2D eigenvalue weighted by molar-refractivity contribution is -0.130. The molecule has 23 heavy (non-hydrogen) atoms. The molecular weight excluding hydrogens is 316 g/mol. The molecule has 1 heterocycles. The van der Waals surface area contributed by atoms with Crippen LogP contribution in [0.1, 0.15) is 32.8 Å². The molecule has 0 spiro atoms. The van der Waals surface area contributed by atoms with E-state index in [0.29, 0.717) is 37.6 Å². The molecule has 1 saturated heterocycles. The van der Waals surface area contributed by atoms with E-state index in [9.17, 15) is 9.59 Å². The third kappa shape index (κ3) is 5.43. The number of carbonyl (C=O) groups is 2. The average Bonchev–Trinajstić information content (AvgIpc) is 2.63. The van der Waals surface area contributed by atoms with E-state index >= 15 is 0 Å². The summed E-state index contributed by atoms with van der Waals surface area (Å²) >= 11 is 5.88. The quantitative estimate of drug-likeness (QED) is 0.831. The summed E-state index contributed by atoms with van der Waals surface area (Å²) in [5, 5.41) is 0.673. The molecule has 0 saturated carbocycles. The molecule has 1 aromatic rings. The minimum Gasteiger partial charge on any atom is -0.444 e. The largest absolute Gasteiger partial charge is 0.444 e. The molecule has 0 aromatic heterocycles. The van der Waals surface area contributed by atoms with Gasteiger partial charge in [-0.1, -0.05) is 23.7 Å². The van der Waals surface area contributed by atoms with Crippen LogP contribution in [0.2, 0.25) is 5.02 Å². The molecule has 2 amide bonds. The predicted octanol–water partition coefficient (Wildman–Crippen LogP) is 3.31. The van der Waals surface area contributed by atoms with Crippen molar-refractivity contribution in [1.82, 2.24) is 9.80 Å². The highest BCUT2D eigenvalue weighted by Crippen LogP contribution is 2.15. The summed E-state index contributed by atoms with van der Waals surface area (Å²) in [5.74, 6) is 0.0472. The average molecular weight is 339 g/mol. The number of carbonyl (C=O) groups excluding carboxylic acids is 2. The van der Waals surface area contributed by atoms with Gasteiger partial charge >= 0.3 is 6.09 Å². The van der Waals surface area contributed by atoms with Crippen molar-refractivity contribution < 1.29 is 14.3 Å². The van der Waals surface area contributed by atoms with E-state index in [1.54, 1.807) is 9.80 Å². The van der Waals surface area contributed by atoms with Gasteiger partial charge in [-0.25, -0.2) is 4.79 Å². The molecule has 126 valence electrons. The molecule has 1 aromatic carbocycles. The van der Waals surface area contributed by atoms with Crippen LogP contribution < -0.4 is 0 Å². The van der Waals surface area contributed by atoms with Crippen LogP contribution in [0.15, 0.2) is 24.3 Å². The summed E-state index contributed by atoms with van der Waals surface area (Å²) in [6, 6.07) is 7.44. The van der Waals surface area contributed by atoms with Gasteiger partial charge in [-0.15, -0.1) is 0 Å². The fourth-order valence-electron chi connectivity index (χ4n) is 2.35. The van der Waals surface area contributed by atoms with Crippen molar-refractivity contribution in [3.8, 4) is 0 Å². The van der Waals surface area contributed by atoms with Crippen molar-refractivity contribution in [3.05, 3.63) is 34.9 Å². The Hall–Kier alpha value is -1.75. The number of hydrogen-bond acceptors (Lipinski definition) is 3. The molecule has 1 aliphatic heterocycles. The molecule has 0 bridgehead atoms. The first-order valence-corrected chi connectivity index (χ1v) is 8.12. The second-order valence-electron chi connectivity index (χ2n) is 6.66. The molecule has 6 heteroatoms. The maximum Gasteiger partial charge on any atom is 0.410 e. The van der Waals surface area contributed by atoms with Gasteiger partial charge in [-0.3, -0.25) is 4.79 Å². The van der Waals surface area contributed by atoms with Gasteiger partial charge in [0.05, 0.1) is 0 Å². The number of benzene rings is 1. The van der Waals surface area contributed by atoms with Crippen molar-refractivity contribution in [2.45, 2.75) is 39.3 Å². The summed E-state index contributed by atoms with van der Waals surface area (Å²) in [7, 11) is 0. The summed E-state index contributed by atoms with van der Waals surface area (Å²) in [6.45, 7) is 7.40. The molecule has 1 aliphatic rings. The van der Waals surface area contributed by atoms with Crippen LogP contribution in [0.5, 0.6) is 0 Å². The first kappa shape index (κ1) is 17.6. The van der Waals surface area contributed by atoms with E-state index in [1.165, 1.54) is 0 Å². The van der Waals surface area contributed by atoms with Crippen molar-refractivity contribution >= 4 is 23.6 Å². The molecule has 1 fully saturated rings. The normalized spacial score (nSPS) is 16.3. The Morgan fingerprint density at radius 3 is 2.43 bits per heavy atom.